The van der Waals surface area contributed by atoms with E-state index in [1.807, 2.05) is 0 Å². The molecule has 1 aromatic carbocycles. The van der Waals surface area contributed by atoms with E-state index in [2.05, 4.69) is 49.3 Å². The maximum absolute atomic E-state index is 5.94. The molecule has 0 amide bonds. The third-order valence-electron chi connectivity index (χ3n) is 3.99. The Morgan fingerprint density at radius 1 is 1.30 bits per heavy atom. The normalized spacial score (nSPS) is 17.5. The van der Waals surface area contributed by atoms with Crippen molar-refractivity contribution in [3.63, 3.8) is 0 Å². The lowest BCUT2D eigenvalue weighted by molar-refractivity contribution is 0.202. The van der Waals surface area contributed by atoms with Gasteiger partial charge in [-0.1, -0.05) is 26.3 Å². The summed E-state index contributed by atoms with van der Waals surface area (Å²) in [5.74, 6) is 1.01. The summed E-state index contributed by atoms with van der Waals surface area (Å²) in [5.41, 5.74) is 2.54. The van der Waals surface area contributed by atoms with E-state index < -0.39 is 0 Å². The summed E-state index contributed by atoms with van der Waals surface area (Å²) in [4.78, 5) is 2.42. The van der Waals surface area contributed by atoms with Gasteiger partial charge in [-0.05, 0) is 50.6 Å². The van der Waals surface area contributed by atoms with Gasteiger partial charge in [0.25, 0.3) is 0 Å². The summed E-state index contributed by atoms with van der Waals surface area (Å²) in [7, 11) is 2.21. The van der Waals surface area contributed by atoms with Crippen molar-refractivity contribution in [1.29, 1.82) is 0 Å². The highest BCUT2D eigenvalue weighted by atomic mass is 16.5. The smallest absolute Gasteiger partial charge is 0.142 e. The first kappa shape index (κ1) is 15.2. The van der Waals surface area contributed by atoms with Crippen LogP contribution < -0.4 is 10.1 Å². The molecule has 0 aliphatic carbocycles. The first-order chi connectivity index (χ1) is 9.72. The molecule has 20 heavy (non-hydrogen) atoms. The predicted octanol–water partition coefficient (Wildman–Crippen LogP) is 3.54. The maximum Gasteiger partial charge on any atom is 0.142 e. The van der Waals surface area contributed by atoms with Gasteiger partial charge >= 0.3 is 0 Å². The van der Waals surface area contributed by atoms with Crippen molar-refractivity contribution in [2.45, 2.75) is 45.6 Å². The second-order valence-electron chi connectivity index (χ2n) is 5.77. The monoisotopic (exact) mass is 276 g/mol. The minimum absolute atomic E-state index is 0.313. The van der Waals surface area contributed by atoms with Crippen molar-refractivity contribution in [1.82, 2.24) is 4.90 Å². The molecule has 2 rings (SSSR count). The molecular formula is C17H28N2O. The Labute approximate surface area is 123 Å². The SMILES string of the molecule is CCCCN(C)CCc1ccc2c(c1)NCC(CC)O2. The van der Waals surface area contributed by atoms with Gasteiger partial charge in [-0.2, -0.15) is 0 Å². The second kappa shape index (κ2) is 7.53. The molecule has 0 saturated heterocycles. The summed E-state index contributed by atoms with van der Waals surface area (Å²) in [6, 6.07) is 6.56. The second-order valence-corrected chi connectivity index (χ2v) is 5.77. The lowest BCUT2D eigenvalue weighted by Gasteiger charge is -2.27. The highest BCUT2D eigenvalue weighted by Gasteiger charge is 2.17. The van der Waals surface area contributed by atoms with Crippen LogP contribution >= 0.6 is 0 Å². The Morgan fingerprint density at radius 3 is 2.90 bits per heavy atom. The van der Waals surface area contributed by atoms with E-state index in [0.29, 0.717) is 6.10 Å². The van der Waals surface area contributed by atoms with Gasteiger partial charge in [-0.25, -0.2) is 0 Å². The number of fused-ring (bicyclic) bond motifs is 1. The number of hydrogen-bond donors (Lipinski definition) is 1. The molecule has 1 aromatic rings. The number of anilines is 1. The van der Waals surface area contributed by atoms with Gasteiger partial charge in [-0.15, -0.1) is 0 Å². The van der Waals surface area contributed by atoms with Crippen molar-refractivity contribution in [2.75, 3.05) is 32.0 Å². The van der Waals surface area contributed by atoms with E-state index >= 15 is 0 Å². The molecule has 0 fully saturated rings. The van der Waals surface area contributed by atoms with Crippen LogP contribution in [-0.4, -0.2) is 37.7 Å². The van der Waals surface area contributed by atoms with Gasteiger partial charge < -0.3 is 15.0 Å². The number of nitrogens with one attached hydrogen (secondary N) is 1. The average Bonchev–Trinajstić information content (AvgIpc) is 2.50. The standard InChI is InChI=1S/C17H28N2O/c1-4-6-10-19(3)11-9-14-7-8-17-16(12-14)18-13-15(5-2)20-17/h7-8,12,15,18H,4-6,9-11,13H2,1-3H3. The maximum atomic E-state index is 5.94. The van der Waals surface area contributed by atoms with Crippen LogP contribution in [0.25, 0.3) is 0 Å². The molecule has 1 aliphatic heterocycles. The Balaban J connectivity index is 1.88. The largest absolute Gasteiger partial charge is 0.486 e. The van der Waals surface area contributed by atoms with E-state index in [9.17, 15) is 0 Å². The zero-order chi connectivity index (χ0) is 14.4. The van der Waals surface area contributed by atoms with Gasteiger partial charge in [0.05, 0.1) is 12.2 Å². The van der Waals surface area contributed by atoms with Gasteiger partial charge in [0.1, 0.15) is 11.9 Å². The zero-order valence-corrected chi connectivity index (χ0v) is 13.1. The van der Waals surface area contributed by atoms with Crippen LogP contribution in [0.2, 0.25) is 0 Å². The fourth-order valence-corrected chi connectivity index (χ4v) is 2.51. The number of benzene rings is 1. The van der Waals surface area contributed by atoms with E-state index in [1.54, 1.807) is 0 Å². The third kappa shape index (κ3) is 4.14. The quantitative estimate of drug-likeness (QED) is 0.824. The minimum Gasteiger partial charge on any atom is -0.486 e. The van der Waals surface area contributed by atoms with Crippen LogP contribution in [0, 0.1) is 0 Å². The van der Waals surface area contributed by atoms with Crippen molar-refractivity contribution < 1.29 is 4.74 Å². The minimum atomic E-state index is 0.313. The Bertz CT molecular complexity index is 419. The zero-order valence-electron chi connectivity index (χ0n) is 13.1. The number of hydrogen-bond acceptors (Lipinski definition) is 3. The number of nitrogens with zero attached hydrogens (tertiary/aromatic N) is 1. The van der Waals surface area contributed by atoms with Crippen LogP contribution in [0.3, 0.4) is 0 Å². The summed E-state index contributed by atoms with van der Waals surface area (Å²) >= 11 is 0. The van der Waals surface area contributed by atoms with Gasteiger partial charge in [-0.3, -0.25) is 0 Å². The number of likely N-dealkylation sites (N-methyl/N-ethyl adjacent to an activating group) is 1. The molecule has 0 saturated carbocycles. The van der Waals surface area contributed by atoms with Crippen molar-refractivity contribution >= 4 is 5.69 Å². The van der Waals surface area contributed by atoms with E-state index in [0.717, 1.165) is 37.4 Å². The van der Waals surface area contributed by atoms with Crippen LogP contribution in [0.1, 0.15) is 38.7 Å². The van der Waals surface area contributed by atoms with Crippen LogP contribution in [0.15, 0.2) is 18.2 Å². The molecule has 0 spiro atoms. The molecule has 112 valence electrons. The van der Waals surface area contributed by atoms with E-state index in [1.165, 1.54) is 24.9 Å². The van der Waals surface area contributed by atoms with Crippen LogP contribution in [0.4, 0.5) is 5.69 Å². The molecule has 1 atom stereocenters. The molecule has 1 N–H and O–H groups in total. The topological polar surface area (TPSA) is 24.5 Å². The Kier molecular flexibility index (Phi) is 5.72. The van der Waals surface area contributed by atoms with Gasteiger partial charge in [0, 0.05) is 6.54 Å². The lowest BCUT2D eigenvalue weighted by Crippen LogP contribution is -2.30. The molecular weight excluding hydrogens is 248 g/mol. The molecule has 0 aromatic heterocycles. The van der Waals surface area contributed by atoms with Gasteiger partial charge in [0.15, 0.2) is 0 Å². The van der Waals surface area contributed by atoms with Crippen molar-refractivity contribution in [2.24, 2.45) is 0 Å². The van der Waals surface area contributed by atoms with E-state index in [-0.39, 0.29) is 0 Å². The molecule has 3 nitrogen and oxygen atoms in total. The van der Waals surface area contributed by atoms with Gasteiger partial charge in [0.2, 0.25) is 0 Å². The molecule has 0 radical (unpaired) electrons. The molecule has 1 unspecified atom stereocenters. The summed E-state index contributed by atoms with van der Waals surface area (Å²) in [5, 5.41) is 3.49. The number of rotatable bonds is 7. The Hall–Kier alpha value is -1.22. The third-order valence-corrected chi connectivity index (χ3v) is 3.99. The Morgan fingerprint density at radius 2 is 2.15 bits per heavy atom. The number of unbranched alkanes of at least 4 members (excludes halogenated alkanes) is 1. The fourth-order valence-electron chi connectivity index (χ4n) is 2.51. The summed E-state index contributed by atoms with van der Waals surface area (Å²) < 4.78 is 5.94. The molecule has 3 heteroatoms. The van der Waals surface area contributed by atoms with Crippen LogP contribution in [-0.2, 0) is 6.42 Å². The predicted molar refractivity (Wildman–Crippen MR) is 85.7 cm³/mol. The average molecular weight is 276 g/mol. The highest BCUT2D eigenvalue weighted by molar-refractivity contribution is 5.59. The first-order valence-corrected chi connectivity index (χ1v) is 7.95. The first-order valence-electron chi connectivity index (χ1n) is 7.95. The lowest BCUT2D eigenvalue weighted by atomic mass is 10.1. The molecule has 1 aliphatic rings. The van der Waals surface area contributed by atoms with Crippen LogP contribution in [0.5, 0.6) is 5.75 Å². The molecule has 0 bridgehead atoms. The number of ether oxygens (including phenoxy) is 1. The van der Waals surface area contributed by atoms with E-state index in [4.69, 9.17) is 4.74 Å². The summed E-state index contributed by atoms with van der Waals surface area (Å²) in [6.07, 6.45) is 5.02. The summed E-state index contributed by atoms with van der Waals surface area (Å²) in [6.45, 7) is 7.64. The highest BCUT2D eigenvalue weighted by Crippen LogP contribution is 2.30. The molecule has 1 heterocycles. The van der Waals surface area contributed by atoms with Crippen molar-refractivity contribution in [3.8, 4) is 5.75 Å². The van der Waals surface area contributed by atoms with Crippen molar-refractivity contribution in [3.05, 3.63) is 23.8 Å². The fraction of sp³-hybridized carbons (Fsp3) is 0.647.